The van der Waals surface area contributed by atoms with Gasteiger partial charge in [-0.05, 0) is 36.2 Å². The molecule has 1 aliphatic heterocycles. The van der Waals surface area contributed by atoms with Gasteiger partial charge in [0.1, 0.15) is 0 Å². The first-order valence-electron chi connectivity index (χ1n) is 8.55. The van der Waals surface area contributed by atoms with Crippen LogP contribution < -0.4 is 4.90 Å². The van der Waals surface area contributed by atoms with Crippen LogP contribution in [0.4, 0.5) is 5.13 Å². The van der Waals surface area contributed by atoms with Gasteiger partial charge in [0.05, 0.1) is 21.8 Å². The van der Waals surface area contributed by atoms with Crippen LogP contribution in [-0.2, 0) is 6.54 Å². The van der Waals surface area contributed by atoms with Gasteiger partial charge in [0.15, 0.2) is 5.13 Å². The molecule has 0 bridgehead atoms. The summed E-state index contributed by atoms with van der Waals surface area (Å²) in [5, 5.41) is 10.0. The van der Waals surface area contributed by atoms with Crippen LogP contribution in [0.1, 0.15) is 16.7 Å². The molecule has 1 aromatic heterocycles. The Bertz CT molecular complexity index is 915. The molecule has 1 fully saturated rings. The summed E-state index contributed by atoms with van der Waals surface area (Å²) in [5.74, 6) is 0. The second kappa shape index (κ2) is 6.83. The molecule has 3 aromatic rings. The third kappa shape index (κ3) is 3.37. The molecule has 0 aliphatic carbocycles. The summed E-state index contributed by atoms with van der Waals surface area (Å²) in [6.07, 6.45) is 0. The molecule has 5 heteroatoms. The summed E-state index contributed by atoms with van der Waals surface area (Å²) in [6.45, 7) is 7.16. The predicted molar refractivity (Wildman–Crippen MR) is 103 cm³/mol. The molecule has 4 nitrogen and oxygen atoms in total. The summed E-state index contributed by atoms with van der Waals surface area (Å²) in [4.78, 5) is 9.73. The number of nitrogens with zero attached hydrogens (tertiary/aromatic N) is 4. The van der Waals surface area contributed by atoms with Gasteiger partial charge < -0.3 is 4.90 Å². The highest BCUT2D eigenvalue weighted by Crippen LogP contribution is 2.31. The Morgan fingerprint density at radius 3 is 2.52 bits per heavy atom. The summed E-state index contributed by atoms with van der Waals surface area (Å²) >= 11 is 1.79. The summed E-state index contributed by atoms with van der Waals surface area (Å²) < 4.78 is 1.27. The van der Waals surface area contributed by atoms with Crippen LogP contribution >= 0.6 is 11.3 Å². The highest BCUT2D eigenvalue weighted by atomic mass is 32.1. The van der Waals surface area contributed by atoms with Gasteiger partial charge in [0, 0.05) is 32.7 Å². The average Bonchev–Trinajstić information content (AvgIpc) is 3.09. The van der Waals surface area contributed by atoms with Gasteiger partial charge in [-0.25, -0.2) is 4.98 Å². The van der Waals surface area contributed by atoms with E-state index in [0.29, 0.717) is 0 Å². The Hall–Kier alpha value is -2.42. The van der Waals surface area contributed by atoms with Crippen molar-refractivity contribution in [2.75, 3.05) is 31.1 Å². The van der Waals surface area contributed by atoms with Gasteiger partial charge in [-0.1, -0.05) is 35.6 Å². The summed E-state index contributed by atoms with van der Waals surface area (Å²) in [5.41, 5.74) is 4.38. The van der Waals surface area contributed by atoms with E-state index in [4.69, 9.17) is 10.2 Å². The molecule has 1 saturated heterocycles. The minimum Gasteiger partial charge on any atom is -0.345 e. The fourth-order valence-electron chi connectivity index (χ4n) is 3.25. The Labute approximate surface area is 151 Å². The molecular formula is C20H20N4S. The molecule has 126 valence electrons. The average molecular weight is 348 g/mol. The monoisotopic (exact) mass is 348 g/mol. The van der Waals surface area contributed by atoms with Crippen LogP contribution in [0.2, 0.25) is 0 Å². The van der Waals surface area contributed by atoms with Crippen molar-refractivity contribution in [1.29, 1.82) is 5.26 Å². The van der Waals surface area contributed by atoms with Gasteiger partial charge in [-0.2, -0.15) is 5.26 Å². The number of piperazine rings is 1. The number of nitriles is 1. The molecule has 0 N–H and O–H groups in total. The topological polar surface area (TPSA) is 43.2 Å². The Morgan fingerprint density at radius 1 is 1.08 bits per heavy atom. The first-order valence-corrected chi connectivity index (χ1v) is 9.37. The standard InChI is InChI=1S/C20H20N4S/c1-15-3-2-4-18-19(15)22-20(25-18)24-11-9-23(10-12-24)14-17-7-5-16(13-21)6-8-17/h2-8H,9-12,14H2,1H3. The van der Waals surface area contributed by atoms with Crippen LogP contribution in [0, 0.1) is 18.3 Å². The number of rotatable bonds is 3. The zero-order valence-corrected chi connectivity index (χ0v) is 15.1. The van der Waals surface area contributed by atoms with Crippen molar-refractivity contribution in [3.63, 3.8) is 0 Å². The Balaban J connectivity index is 1.40. The fraction of sp³-hybridized carbons (Fsp3) is 0.300. The fourth-order valence-corrected chi connectivity index (χ4v) is 4.35. The van der Waals surface area contributed by atoms with E-state index in [1.165, 1.54) is 15.8 Å². The number of thiazole rings is 1. The van der Waals surface area contributed by atoms with Crippen LogP contribution in [0.5, 0.6) is 0 Å². The van der Waals surface area contributed by atoms with Crippen LogP contribution in [0.3, 0.4) is 0 Å². The van der Waals surface area contributed by atoms with E-state index in [1.807, 2.05) is 12.1 Å². The molecule has 0 saturated carbocycles. The number of fused-ring (bicyclic) bond motifs is 1. The molecule has 0 radical (unpaired) electrons. The number of para-hydroxylation sites is 1. The minimum absolute atomic E-state index is 0.722. The maximum absolute atomic E-state index is 8.89. The van der Waals surface area contributed by atoms with Crippen molar-refractivity contribution in [1.82, 2.24) is 9.88 Å². The maximum atomic E-state index is 8.89. The second-order valence-electron chi connectivity index (χ2n) is 6.49. The van der Waals surface area contributed by atoms with E-state index in [-0.39, 0.29) is 0 Å². The van der Waals surface area contributed by atoms with Crippen molar-refractivity contribution in [2.24, 2.45) is 0 Å². The molecule has 0 spiro atoms. The normalized spacial score (nSPS) is 15.4. The number of aromatic nitrogens is 1. The molecule has 1 aliphatic rings. The summed E-state index contributed by atoms with van der Waals surface area (Å²) in [7, 11) is 0. The Morgan fingerprint density at radius 2 is 1.84 bits per heavy atom. The van der Waals surface area contributed by atoms with Crippen molar-refractivity contribution in [3.05, 3.63) is 59.2 Å². The van der Waals surface area contributed by atoms with Gasteiger partial charge in [-0.3, -0.25) is 4.90 Å². The van der Waals surface area contributed by atoms with E-state index in [1.54, 1.807) is 11.3 Å². The molecule has 2 heterocycles. The van der Waals surface area contributed by atoms with E-state index < -0.39 is 0 Å². The lowest BCUT2D eigenvalue weighted by Crippen LogP contribution is -2.45. The number of aryl methyl sites for hydroxylation is 1. The predicted octanol–water partition coefficient (Wildman–Crippen LogP) is 3.80. The van der Waals surface area contributed by atoms with E-state index >= 15 is 0 Å². The van der Waals surface area contributed by atoms with Crippen molar-refractivity contribution in [3.8, 4) is 6.07 Å². The lowest BCUT2D eigenvalue weighted by molar-refractivity contribution is 0.250. The van der Waals surface area contributed by atoms with Crippen molar-refractivity contribution < 1.29 is 0 Å². The lowest BCUT2D eigenvalue weighted by atomic mass is 10.1. The van der Waals surface area contributed by atoms with E-state index in [0.717, 1.165) is 48.9 Å². The van der Waals surface area contributed by atoms with Crippen molar-refractivity contribution in [2.45, 2.75) is 13.5 Å². The van der Waals surface area contributed by atoms with E-state index in [9.17, 15) is 0 Å². The van der Waals surface area contributed by atoms with Crippen LogP contribution in [0.15, 0.2) is 42.5 Å². The van der Waals surface area contributed by atoms with Gasteiger partial charge in [-0.15, -0.1) is 0 Å². The molecule has 4 rings (SSSR count). The maximum Gasteiger partial charge on any atom is 0.186 e. The van der Waals surface area contributed by atoms with E-state index in [2.05, 4.69) is 53.1 Å². The first-order chi connectivity index (χ1) is 12.2. The minimum atomic E-state index is 0.722. The van der Waals surface area contributed by atoms with Gasteiger partial charge in [0.25, 0.3) is 0 Å². The highest BCUT2D eigenvalue weighted by molar-refractivity contribution is 7.22. The highest BCUT2D eigenvalue weighted by Gasteiger charge is 2.20. The first kappa shape index (κ1) is 16.1. The summed E-state index contributed by atoms with van der Waals surface area (Å²) in [6, 6.07) is 16.5. The molecular weight excluding hydrogens is 328 g/mol. The molecule has 2 aromatic carbocycles. The second-order valence-corrected chi connectivity index (χ2v) is 7.50. The number of anilines is 1. The third-order valence-electron chi connectivity index (χ3n) is 4.74. The Kier molecular flexibility index (Phi) is 4.39. The third-order valence-corrected chi connectivity index (χ3v) is 5.82. The quantitative estimate of drug-likeness (QED) is 0.722. The number of benzene rings is 2. The molecule has 0 atom stereocenters. The molecule has 25 heavy (non-hydrogen) atoms. The zero-order chi connectivity index (χ0) is 17.2. The molecule has 0 unspecified atom stereocenters. The lowest BCUT2D eigenvalue weighted by Gasteiger charge is -2.34. The zero-order valence-electron chi connectivity index (χ0n) is 14.3. The van der Waals surface area contributed by atoms with Crippen LogP contribution in [0.25, 0.3) is 10.2 Å². The number of hydrogen-bond acceptors (Lipinski definition) is 5. The SMILES string of the molecule is Cc1cccc2sc(N3CCN(Cc4ccc(C#N)cc4)CC3)nc12. The van der Waals surface area contributed by atoms with Gasteiger partial charge >= 0.3 is 0 Å². The molecule has 0 amide bonds. The van der Waals surface area contributed by atoms with Crippen molar-refractivity contribution >= 4 is 26.7 Å². The van der Waals surface area contributed by atoms with Crippen LogP contribution in [-0.4, -0.2) is 36.1 Å². The largest absolute Gasteiger partial charge is 0.345 e. The smallest absolute Gasteiger partial charge is 0.186 e. The van der Waals surface area contributed by atoms with Gasteiger partial charge in [0.2, 0.25) is 0 Å². The number of hydrogen-bond donors (Lipinski definition) is 0.